The van der Waals surface area contributed by atoms with Crippen LogP contribution in [-0.2, 0) is 0 Å². The van der Waals surface area contributed by atoms with Gasteiger partial charge in [-0.2, -0.15) is 0 Å². The Hall–Kier alpha value is -3.46. The molecule has 0 saturated carbocycles. The van der Waals surface area contributed by atoms with Crippen LogP contribution in [-0.4, -0.2) is 70.9 Å². The van der Waals surface area contributed by atoms with E-state index in [4.69, 9.17) is 5.73 Å². The molecule has 3 fully saturated rings. The topological polar surface area (TPSA) is 121 Å². The Balaban J connectivity index is 1.19. The maximum atomic E-state index is 13.1. The fourth-order valence-corrected chi connectivity index (χ4v) is 6.23. The summed E-state index contributed by atoms with van der Waals surface area (Å²) < 4.78 is 0. The predicted octanol–water partition coefficient (Wildman–Crippen LogP) is 2.55. The van der Waals surface area contributed by atoms with Gasteiger partial charge in [0, 0.05) is 54.6 Å². The average Bonchev–Trinajstić information content (AvgIpc) is 3.11. The van der Waals surface area contributed by atoms with Crippen LogP contribution >= 0.6 is 0 Å². The number of rotatable bonds is 7. The highest BCUT2D eigenvalue weighted by Crippen LogP contribution is 2.38. The number of nitrogens with two attached hydrogens (primary N) is 1. The van der Waals surface area contributed by atoms with E-state index < -0.39 is 5.91 Å². The van der Waals surface area contributed by atoms with Crippen LogP contribution in [0, 0.1) is 13.8 Å². The number of hydrogen-bond donors (Lipinski definition) is 3. The fourth-order valence-electron chi connectivity index (χ4n) is 6.23. The number of anilines is 1. The lowest BCUT2D eigenvalue weighted by Gasteiger charge is -2.42. The number of nitrogens with one attached hydrogen (secondary N) is 2. The number of piperidine rings is 1. The molecule has 4 heterocycles. The van der Waals surface area contributed by atoms with E-state index in [1.807, 2.05) is 19.1 Å². The van der Waals surface area contributed by atoms with Crippen molar-refractivity contribution >= 4 is 23.5 Å². The first-order chi connectivity index (χ1) is 18.1. The Bertz CT molecular complexity index is 1220. The van der Waals surface area contributed by atoms with Crippen molar-refractivity contribution in [2.45, 2.75) is 83.6 Å². The molecule has 5 rings (SSSR count). The van der Waals surface area contributed by atoms with Gasteiger partial charge >= 0.3 is 0 Å². The van der Waals surface area contributed by atoms with E-state index in [-0.39, 0.29) is 23.9 Å². The van der Waals surface area contributed by atoms with Gasteiger partial charge in [0.2, 0.25) is 5.91 Å². The van der Waals surface area contributed by atoms with Gasteiger partial charge in [0.1, 0.15) is 5.82 Å². The number of hydrogen-bond acceptors (Lipinski definition) is 6. The third-order valence-corrected chi connectivity index (χ3v) is 8.40. The molecule has 1 aromatic carbocycles. The summed E-state index contributed by atoms with van der Waals surface area (Å²) in [6, 6.07) is 8.62. The van der Waals surface area contributed by atoms with Crippen molar-refractivity contribution in [2.75, 3.05) is 18.0 Å². The minimum absolute atomic E-state index is 0.0729. The molecule has 3 aliphatic heterocycles. The Morgan fingerprint density at radius 3 is 2.11 bits per heavy atom. The normalized spacial score (nSPS) is 23.3. The zero-order valence-corrected chi connectivity index (χ0v) is 22.7. The van der Waals surface area contributed by atoms with Gasteiger partial charge in [0.25, 0.3) is 11.8 Å². The number of amides is 3. The number of fused-ring (bicyclic) bond motifs is 2. The van der Waals surface area contributed by atoms with Crippen LogP contribution in [0.15, 0.2) is 30.5 Å². The molecule has 2 bridgehead atoms. The van der Waals surface area contributed by atoms with E-state index in [9.17, 15) is 14.4 Å². The number of carbonyl (C=O) groups is 3. The number of carbonyl (C=O) groups excluding carboxylic acids is 3. The molecule has 202 valence electrons. The molecule has 0 spiro atoms. The molecular formula is C29H38N6O3. The summed E-state index contributed by atoms with van der Waals surface area (Å²) in [5.74, 6) is 0.217. The molecule has 1 aromatic heterocycles. The van der Waals surface area contributed by atoms with Crippen LogP contribution < -0.4 is 21.3 Å². The second kappa shape index (κ2) is 10.4. The largest absolute Gasteiger partial charge is 0.366 e. The van der Waals surface area contributed by atoms with Crippen LogP contribution in [0.3, 0.4) is 0 Å². The molecule has 9 heteroatoms. The summed E-state index contributed by atoms with van der Waals surface area (Å²) in [6.07, 6.45) is 5.48. The zero-order valence-electron chi connectivity index (χ0n) is 22.7. The van der Waals surface area contributed by atoms with Gasteiger partial charge < -0.3 is 21.3 Å². The van der Waals surface area contributed by atoms with Gasteiger partial charge in [-0.05, 0) is 88.8 Å². The van der Waals surface area contributed by atoms with Crippen molar-refractivity contribution in [3.63, 3.8) is 0 Å². The number of aryl methyl sites for hydroxylation is 2. The number of aromatic nitrogens is 1. The highest BCUT2D eigenvalue weighted by atomic mass is 16.2. The molecule has 3 saturated heterocycles. The number of pyridine rings is 1. The molecule has 3 atom stereocenters. The summed E-state index contributed by atoms with van der Waals surface area (Å²) in [6.45, 7) is 9.73. The van der Waals surface area contributed by atoms with Gasteiger partial charge in [0.05, 0.1) is 11.6 Å². The second-order valence-corrected chi connectivity index (χ2v) is 11.4. The third-order valence-electron chi connectivity index (χ3n) is 8.40. The fraction of sp³-hybridized carbons (Fsp3) is 0.517. The maximum Gasteiger partial charge on any atom is 0.253 e. The number of likely N-dealkylation sites (tertiary alicyclic amines) is 1. The number of nitrogens with zero attached hydrogens (tertiary/aromatic N) is 3. The van der Waals surface area contributed by atoms with E-state index in [0.29, 0.717) is 40.4 Å². The highest BCUT2D eigenvalue weighted by Gasteiger charge is 2.42. The number of benzene rings is 1. The minimum atomic E-state index is -0.486. The monoisotopic (exact) mass is 518 g/mol. The lowest BCUT2D eigenvalue weighted by Crippen LogP contribution is -2.61. The lowest BCUT2D eigenvalue weighted by atomic mass is 9.95. The summed E-state index contributed by atoms with van der Waals surface area (Å²) >= 11 is 0. The quantitative estimate of drug-likeness (QED) is 0.518. The van der Waals surface area contributed by atoms with Crippen molar-refractivity contribution in [1.29, 1.82) is 0 Å². The van der Waals surface area contributed by atoms with Crippen molar-refractivity contribution in [2.24, 2.45) is 5.73 Å². The van der Waals surface area contributed by atoms with E-state index in [1.165, 1.54) is 0 Å². The highest BCUT2D eigenvalue weighted by molar-refractivity contribution is 5.99. The van der Waals surface area contributed by atoms with Gasteiger partial charge in [-0.15, -0.1) is 0 Å². The molecule has 4 N–H and O–H groups in total. The van der Waals surface area contributed by atoms with E-state index >= 15 is 0 Å². The Labute approximate surface area is 224 Å². The maximum absolute atomic E-state index is 13.1. The molecule has 2 aromatic rings. The molecular weight excluding hydrogens is 480 g/mol. The van der Waals surface area contributed by atoms with Gasteiger partial charge in [-0.25, -0.2) is 4.98 Å². The smallest absolute Gasteiger partial charge is 0.253 e. The second-order valence-electron chi connectivity index (χ2n) is 11.4. The van der Waals surface area contributed by atoms with E-state index in [2.05, 4.69) is 39.3 Å². The van der Waals surface area contributed by atoms with Crippen LogP contribution in [0.2, 0.25) is 0 Å². The third kappa shape index (κ3) is 5.12. The summed E-state index contributed by atoms with van der Waals surface area (Å²) in [7, 11) is 0. The Morgan fingerprint density at radius 2 is 1.53 bits per heavy atom. The molecule has 9 nitrogen and oxygen atoms in total. The zero-order chi connectivity index (χ0) is 27.1. The van der Waals surface area contributed by atoms with Crippen LogP contribution in [0.4, 0.5) is 5.82 Å². The Morgan fingerprint density at radius 1 is 0.921 bits per heavy atom. The van der Waals surface area contributed by atoms with Crippen LogP contribution in [0.25, 0.3) is 0 Å². The SMILES string of the molecule is Cc1cc(C(=O)NC2C[C@H]3CC[C@@H](C2)N3c2ccc(C(=O)NC3CN(C(C)C)C3)cn2)c(C)cc1C(N)=O. The predicted molar refractivity (Wildman–Crippen MR) is 146 cm³/mol. The van der Waals surface area contributed by atoms with Crippen molar-refractivity contribution in [3.05, 3.63) is 58.3 Å². The first kappa shape index (κ1) is 26.2. The van der Waals surface area contributed by atoms with Crippen LogP contribution in [0.5, 0.6) is 0 Å². The first-order valence-electron chi connectivity index (χ1n) is 13.6. The number of primary amides is 1. The minimum Gasteiger partial charge on any atom is -0.366 e. The molecule has 1 unspecified atom stereocenters. The molecule has 38 heavy (non-hydrogen) atoms. The van der Waals surface area contributed by atoms with Crippen molar-refractivity contribution < 1.29 is 14.4 Å². The molecule has 3 aliphatic rings. The lowest BCUT2D eigenvalue weighted by molar-refractivity contribution is 0.0713. The van der Waals surface area contributed by atoms with Gasteiger partial charge in [0.15, 0.2) is 0 Å². The average molecular weight is 519 g/mol. The Kier molecular flexibility index (Phi) is 7.13. The van der Waals surface area contributed by atoms with Crippen molar-refractivity contribution in [3.8, 4) is 0 Å². The first-order valence-corrected chi connectivity index (χ1v) is 13.6. The standard InChI is InChI=1S/C29H38N6O3/c1-16(2)34-14-21(15-34)33-28(37)19-5-8-26(31-13-19)35-22-6-7-23(35)12-20(11-22)32-29(38)25-10-17(3)24(27(30)36)9-18(25)4/h5,8-10,13,16,20-23H,6-7,11-12,14-15H2,1-4H3,(H2,30,36)(H,32,38)(H,33,37)/t20?,22-,23+. The van der Waals surface area contributed by atoms with Gasteiger partial charge in [-0.3, -0.25) is 19.3 Å². The summed E-state index contributed by atoms with van der Waals surface area (Å²) in [5, 5.41) is 6.33. The van der Waals surface area contributed by atoms with Crippen molar-refractivity contribution in [1.82, 2.24) is 20.5 Å². The molecule has 0 radical (unpaired) electrons. The summed E-state index contributed by atoms with van der Waals surface area (Å²) in [4.78, 5) is 46.8. The van der Waals surface area contributed by atoms with E-state index in [1.54, 1.807) is 25.3 Å². The molecule has 3 amide bonds. The van der Waals surface area contributed by atoms with Gasteiger partial charge in [-0.1, -0.05) is 0 Å². The molecule has 0 aliphatic carbocycles. The van der Waals surface area contributed by atoms with Crippen LogP contribution in [0.1, 0.15) is 81.7 Å². The summed E-state index contributed by atoms with van der Waals surface area (Å²) in [5.41, 5.74) is 8.51. The van der Waals surface area contributed by atoms with E-state index in [0.717, 1.165) is 50.2 Å².